The average Bonchev–Trinajstić information content (AvgIpc) is 3.43. The summed E-state index contributed by atoms with van der Waals surface area (Å²) in [5.41, 5.74) is 3.87. The number of dihydropyridines is 1. The number of hydrogen-bond donors (Lipinski definition) is 1. The van der Waals surface area contributed by atoms with Crippen LogP contribution in [0.25, 0.3) is 55.2 Å². The van der Waals surface area contributed by atoms with Crippen molar-refractivity contribution in [2.45, 2.75) is 6.04 Å². The minimum Gasteiger partial charge on any atom is -0.379 e. The van der Waals surface area contributed by atoms with Crippen LogP contribution in [0.5, 0.6) is 0 Å². The van der Waals surface area contributed by atoms with Crippen molar-refractivity contribution in [3.8, 4) is 34.2 Å². The molecular formula is C31H21N5S. The molecule has 0 aliphatic carbocycles. The lowest BCUT2D eigenvalue weighted by molar-refractivity contribution is 0.741. The summed E-state index contributed by atoms with van der Waals surface area (Å²) in [5.74, 6) is 1.97. The van der Waals surface area contributed by atoms with Gasteiger partial charge in [-0.05, 0) is 29.8 Å². The van der Waals surface area contributed by atoms with Crippen LogP contribution in [0.15, 0.2) is 115 Å². The van der Waals surface area contributed by atoms with E-state index in [0.717, 1.165) is 32.6 Å². The molecule has 0 fully saturated rings. The fourth-order valence-corrected chi connectivity index (χ4v) is 5.66. The molecule has 1 aliphatic rings. The molecule has 0 amide bonds. The first-order valence-corrected chi connectivity index (χ1v) is 12.9. The minimum atomic E-state index is 0.0889. The van der Waals surface area contributed by atoms with E-state index in [-0.39, 0.29) is 6.04 Å². The Kier molecular flexibility index (Phi) is 5.30. The molecule has 0 saturated carbocycles. The lowest BCUT2D eigenvalue weighted by atomic mass is 10.1. The second-order valence-electron chi connectivity index (χ2n) is 8.83. The van der Waals surface area contributed by atoms with Gasteiger partial charge in [-0.25, -0.2) is 19.9 Å². The number of fused-ring (bicyclic) bond motifs is 3. The molecule has 1 N–H and O–H groups in total. The number of thiazole rings is 1. The van der Waals surface area contributed by atoms with Crippen LogP contribution in [0.3, 0.4) is 0 Å². The maximum absolute atomic E-state index is 4.93. The van der Waals surface area contributed by atoms with Crippen molar-refractivity contribution in [2.75, 3.05) is 0 Å². The van der Waals surface area contributed by atoms with Crippen molar-refractivity contribution in [3.63, 3.8) is 0 Å². The number of rotatable bonds is 4. The molecule has 0 spiro atoms. The fraction of sp³-hybridized carbons (Fsp3) is 0.0323. The fourth-order valence-electron chi connectivity index (χ4n) is 4.53. The lowest BCUT2D eigenvalue weighted by Gasteiger charge is -2.11. The zero-order valence-corrected chi connectivity index (χ0v) is 20.6. The summed E-state index contributed by atoms with van der Waals surface area (Å²) in [6, 6.07) is 30.8. The Bertz CT molecular complexity index is 1750. The summed E-state index contributed by atoms with van der Waals surface area (Å²) in [7, 11) is 0. The van der Waals surface area contributed by atoms with Gasteiger partial charge in [0.25, 0.3) is 0 Å². The molecule has 3 heterocycles. The van der Waals surface area contributed by atoms with Crippen LogP contribution in [0, 0.1) is 0 Å². The number of allylic oxidation sites excluding steroid dienone is 2. The second kappa shape index (κ2) is 9.08. The van der Waals surface area contributed by atoms with E-state index in [4.69, 9.17) is 19.9 Å². The Morgan fingerprint density at radius 2 is 1.27 bits per heavy atom. The number of aromatic nitrogens is 4. The summed E-state index contributed by atoms with van der Waals surface area (Å²) < 4.78 is 1.17. The van der Waals surface area contributed by atoms with Gasteiger partial charge in [-0.15, -0.1) is 11.3 Å². The van der Waals surface area contributed by atoms with Gasteiger partial charge in [0.05, 0.1) is 16.3 Å². The van der Waals surface area contributed by atoms with Crippen LogP contribution in [-0.2, 0) is 0 Å². The van der Waals surface area contributed by atoms with Crippen molar-refractivity contribution < 1.29 is 0 Å². The SMILES string of the molecule is C1=CNC(c2nc3ccc4ccc(-c5nc(-c6ccccc6)nc(-c6ccccc6)n5)cc4c3s2)C=C1. The summed E-state index contributed by atoms with van der Waals surface area (Å²) in [5, 5.41) is 6.74. The summed E-state index contributed by atoms with van der Waals surface area (Å²) in [4.78, 5) is 19.6. The van der Waals surface area contributed by atoms with E-state index in [0.29, 0.717) is 17.5 Å². The van der Waals surface area contributed by atoms with Crippen molar-refractivity contribution >= 4 is 32.3 Å². The molecule has 0 bridgehead atoms. The topological polar surface area (TPSA) is 63.6 Å². The third-order valence-electron chi connectivity index (χ3n) is 6.40. The Hall–Kier alpha value is -4.68. The van der Waals surface area contributed by atoms with E-state index >= 15 is 0 Å². The molecular weight excluding hydrogens is 474 g/mol. The van der Waals surface area contributed by atoms with Gasteiger partial charge < -0.3 is 5.32 Å². The van der Waals surface area contributed by atoms with E-state index in [1.54, 1.807) is 11.3 Å². The lowest BCUT2D eigenvalue weighted by Crippen LogP contribution is -2.14. The van der Waals surface area contributed by atoms with Crippen molar-refractivity contribution in [1.29, 1.82) is 0 Å². The highest BCUT2D eigenvalue weighted by molar-refractivity contribution is 7.19. The van der Waals surface area contributed by atoms with Crippen LogP contribution in [0.4, 0.5) is 0 Å². The first-order valence-electron chi connectivity index (χ1n) is 12.1. The summed E-state index contributed by atoms with van der Waals surface area (Å²) >= 11 is 1.73. The molecule has 6 aromatic rings. The van der Waals surface area contributed by atoms with Gasteiger partial charge in [-0.1, -0.05) is 91.0 Å². The maximum atomic E-state index is 4.93. The smallest absolute Gasteiger partial charge is 0.164 e. The third-order valence-corrected chi connectivity index (χ3v) is 7.59. The molecule has 2 aromatic heterocycles. The van der Waals surface area contributed by atoms with Gasteiger partial charge in [0, 0.05) is 22.1 Å². The van der Waals surface area contributed by atoms with Gasteiger partial charge in [-0.3, -0.25) is 0 Å². The van der Waals surface area contributed by atoms with Crippen LogP contribution >= 0.6 is 11.3 Å². The molecule has 5 nitrogen and oxygen atoms in total. The van der Waals surface area contributed by atoms with Gasteiger partial charge in [0.15, 0.2) is 17.5 Å². The molecule has 7 rings (SSSR count). The number of hydrogen-bond acceptors (Lipinski definition) is 6. The normalized spacial score (nSPS) is 14.8. The zero-order valence-electron chi connectivity index (χ0n) is 19.7. The highest BCUT2D eigenvalue weighted by Gasteiger charge is 2.17. The molecule has 176 valence electrons. The van der Waals surface area contributed by atoms with Crippen molar-refractivity contribution in [2.24, 2.45) is 0 Å². The number of benzene rings is 4. The van der Waals surface area contributed by atoms with E-state index in [1.165, 1.54) is 10.1 Å². The van der Waals surface area contributed by atoms with Gasteiger partial charge in [0.1, 0.15) is 5.01 Å². The average molecular weight is 496 g/mol. The number of nitrogens with zero attached hydrogens (tertiary/aromatic N) is 4. The Morgan fingerprint density at radius 1 is 0.622 bits per heavy atom. The van der Waals surface area contributed by atoms with E-state index in [2.05, 4.69) is 47.8 Å². The molecule has 1 atom stereocenters. The highest BCUT2D eigenvalue weighted by atomic mass is 32.1. The van der Waals surface area contributed by atoms with E-state index < -0.39 is 0 Å². The predicted octanol–water partition coefficient (Wildman–Crippen LogP) is 7.35. The van der Waals surface area contributed by atoms with Crippen LogP contribution in [0.1, 0.15) is 11.0 Å². The van der Waals surface area contributed by atoms with Crippen molar-refractivity contribution in [1.82, 2.24) is 25.3 Å². The Morgan fingerprint density at radius 3 is 1.92 bits per heavy atom. The Balaban J connectivity index is 1.39. The molecule has 1 aliphatic heterocycles. The standard InChI is InChI=1S/C31H21N5S/c1-3-9-21(10-4-1)28-34-29(22-11-5-2-6-12-22)36-30(35-28)23-15-14-20-16-17-25-27(24(20)19-23)37-31(33-25)26-13-7-8-18-32-26/h1-19,26,32H. The van der Waals surface area contributed by atoms with Crippen LogP contribution < -0.4 is 5.32 Å². The third kappa shape index (κ3) is 4.07. The van der Waals surface area contributed by atoms with E-state index in [1.807, 2.05) is 72.9 Å². The molecule has 37 heavy (non-hydrogen) atoms. The Labute approximate surface area is 217 Å². The molecule has 6 heteroatoms. The highest BCUT2D eigenvalue weighted by Crippen LogP contribution is 2.35. The van der Waals surface area contributed by atoms with Gasteiger partial charge >= 0.3 is 0 Å². The molecule has 0 radical (unpaired) electrons. The van der Waals surface area contributed by atoms with Crippen LogP contribution in [0.2, 0.25) is 0 Å². The second-order valence-corrected chi connectivity index (χ2v) is 9.86. The van der Waals surface area contributed by atoms with E-state index in [9.17, 15) is 0 Å². The van der Waals surface area contributed by atoms with Crippen molar-refractivity contribution in [3.05, 3.63) is 120 Å². The minimum absolute atomic E-state index is 0.0889. The first kappa shape index (κ1) is 21.6. The van der Waals surface area contributed by atoms with Gasteiger partial charge in [0.2, 0.25) is 0 Å². The van der Waals surface area contributed by atoms with Gasteiger partial charge in [-0.2, -0.15) is 0 Å². The quantitative estimate of drug-likeness (QED) is 0.277. The first-order chi connectivity index (χ1) is 18.3. The maximum Gasteiger partial charge on any atom is 0.164 e. The monoisotopic (exact) mass is 495 g/mol. The molecule has 4 aromatic carbocycles. The number of nitrogens with one attached hydrogen (secondary N) is 1. The van der Waals surface area contributed by atoms with Crippen LogP contribution in [-0.4, -0.2) is 19.9 Å². The molecule has 0 saturated heterocycles. The zero-order chi connectivity index (χ0) is 24.6. The predicted molar refractivity (Wildman–Crippen MR) is 151 cm³/mol. The molecule has 1 unspecified atom stereocenters. The largest absolute Gasteiger partial charge is 0.379 e. The summed E-state index contributed by atoms with van der Waals surface area (Å²) in [6.07, 6.45) is 8.14. The summed E-state index contributed by atoms with van der Waals surface area (Å²) in [6.45, 7) is 0.